The summed E-state index contributed by atoms with van der Waals surface area (Å²) in [4.78, 5) is 28.2. The number of benzene rings is 2. The number of ether oxygens (including phenoxy) is 1. The van der Waals surface area contributed by atoms with E-state index >= 15 is 0 Å². The highest BCUT2D eigenvalue weighted by Crippen LogP contribution is 2.40. The van der Waals surface area contributed by atoms with Crippen LogP contribution in [0.25, 0.3) is 22.0 Å². The molecule has 2 aliphatic rings. The van der Waals surface area contributed by atoms with Gasteiger partial charge in [-0.15, -0.1) is 0 Å². The Morgan fingerprint density at radius 1 is 1.08 bits per heavy atom. The van der Waals surface area contributed by atoms with Gasteiger partial charge in [-0.05, 0) is 62.6 Å². The first kappa shape index (κ1) is 25.2. The Kier molecular flexibility index (Phi) is 7.06. The van der Waals surface area contributed by atoms with E-state index in [1.54, 1.807) is 17.3 Å². The van der Waals surface area contributed by atoms with Gasteiger partial charge in [0.05, 0.1) is 22.9 Å². The van der Waals surface area contributed by atoms with Crippen LogP contribution in [0.4, 0.5) is 16.0 Å². The van der Waals surface area contributed by atoms with E-state index in [1.807, 2.05) is 55.5 Å². The highest BCUT2D eigenvalue weighted by molar-refractivity contribution is 6.07. The predicted octanol–water partition coefficient (Wildman–Crippen LogP) is 5.28. The van der Waals surface area contributed by atoms with E-state index in [9.17, 15) is 9.18 Å². The Hall–Kier alpha value is -4.11. The van der Waals surface area contributed by atoms with Crippen LogP contribution in [0.1, 0.15) is 24.8 Å². The highest BCUT2D eigenvalue weighted by Gasteiger charge is 2.33. The Balaban J connectivity index is 1.34. The zero-order chi connectivity index (χ0) is 26.8. The lowest BCUT2D eigenvalue weighted by molar-refractivity contribution is -0.120. The zero-order valence-corrected chi connectivity index (χ0v) is 21.9. The summed E-state index contributed by atoms with van der Waals surface area (Å²) in [7, 11) is 0. The lowest BCUT2D eigenvalue weighted by atomic mass is 10.0. The first-order chi connectivity index (χ1) is 19.1. The third kappa shape index (κ3) is 5.02. The fraction of sp³-hybridized carbons (Fsp3) is 0.333. The van der Waals surface area contributed by atoms with E-state index in [0.717, 1.165) is 53.5 Å². The van der Waals surface area contributed by atoms with Crippen LogP contribution in [0, 0.1) is 12.8 Å². The molecule has 4 heterocycles. The minimum atomic E-state index is -0.631. The van der Waals surface area contributed by atoms with E-state index in [4.69, 9.17) is 9.72 Å². The number of anilines is 2. The van der Waals surface area contributed by atoms with Gasteiger partial charge in [-0.25, -0.2) is 15.0 Å². The van der Waals surface area contributed by atoms with Crippen LogP contribution in [0.3, 0.4) is 0 Å². The molecule has 0 saturated carbocycles. The molecule has 2 fully saturated rings. The van der Waals surface area contributed by atoms with E-state index in [-0.39, 0.29) is 11.9 Å². The minimum Gasteiger partial charge on any atom is -0.437 e. The fourth-order valence-corrected chi connectivity index (χ4v) is 5.41. The molecule has 9 heteroatoms. The first-order valence-electron chi connectivity index (χ1n) is 13.5. The summed E-state index contributed by atoms with van der Waals surface area (Å²) in [6.45, 7) is 3.77. The number of halogens is 1. The van der Waals surface area contributed by atoms with E-state index < -0.39 is 12.6 Å². The molecule has 39 heavy (non-hydrogen) atoms. The van der Waals surface area contributed by atoms with Crippen LogP contribution < -0.4 is 20.3 Å². The third-order valence-corrected chi connectivity index (χ3v) is 7.51. The van der Waals surface area contributed by atoms with Crippen LogP contribution in [0.5, 0.6) is 11.6 Å². The number of aryl methyl sites for hydroxylation is 1. The minimum absolute atomic E-state index is 0.169. The standard InChI is InChI=1S/C30H31FN6O2/c1-19-9-10-22-23(6-2-8-26(22)37-16-12-20(17-31)29(37)38)27(19)39-28-24(7-4-14-33-28)25-11-15-34-30(36-25)35-21-5-3-13-32-18-21/h2,4,6-11,14-15,20-21,32H,3,5,12-13,16-18H2,1H3,(H,34,35,36)/t20-,21-/m0/s1. The van der Waals surface area contributed by atoms with Gasteiger partial charge in [0.2, 0.25) is 17.7 Å². The number of fused-ring (bicyclic) bond motifs is 1. The zero-order valence-electron chi connectivity index (χ0n) is 21.9. The van der Waals surface area contributed by atoms with Gasteiger partial charge in [0.25, 0.3) is 0 Å². The number of carbonyl (C=O) groups excluding carboxylic acids is 1. The van der Waals surface area contributed by atoms with Crippen molar-refractivity contribution in [2.75, 3.05) is 36.5 Å². The molecular weight excluding hydrogens is 495 g/mol. The number of amides is 1. The molecule has 0 aliphatic carbocycles. The van der Waals surface area contributed by atoms with Crippen molar-refractivity contribution in [2.45, 2.75) is 32.2 Å². The van der Waals surface area contributed by atoms with Gasteiger partial charge in [-0.1, -0.05) is 24.3 Å². The van der Waals surface area contributed by atoms with E-state index in [0.29, 0.717) is 36.2 Å². The van der Waals surface area contributed by atoms with Crippen molar-refractivity contribution in [2.24, 2.45) is 5.92 Å². The Bertz CT molecular complexity index is 1510. The molecule has 1 amide bonds. The number of pyridine rings is 1. The normalized spacial score (nSPS) is 19.4. The number of carbonyl (C=O) groups is 1. The second-order valence-electron chi connectivity index (χ2n) is 10.1. The lowest BCUT2D eigenvalue weighted by Gasteiger charge is -2.23. The van der Waals surface area contributed by atoms with Gasteiger partial charge in [-0.3, -0.25) is 9.18 Å². The smallest absolute Gasteiger partial charge is 0.232 e. The molecular formula is C30H31FN6O2. The second-order valence-corrected chi connectivity index (χ2v) is 10.1. The van der Waals surface area contributed by atoms with Gasteiger partial charge < -0.3 is 20.3 Å². The average molecular weight is 527 g/mol. The van der Waals surface area contributed by atoms with Crippen LogP contribution >= 0.6 is 0 Å². The summed E-state index contributed by atoms with van der Waals surface area (Å²) >= 11 is 0. The number of piperidine rings is 1. The summed E-state index contributed by atoms with van der Waals surface area (Å²) in [6, 6.07) is 15.7. The van der Waals surface area contributed by atoms with E-state index in [1.165, 1.54) is 0 Å². The molecule has 8 nitrogen and oxygen atoms in total. The number of hydrogen-bond donors (Lipinski definition) is 2. The van der Waals surface area contributed by atoms with Crippen molar-refractivity contribution < 1.29 is 13.9 Å². The number of nitrogens with one attached hydrogen (secondary N) is 2. The number of rotatable bonds is 7. The number of alkyl halides is 1. The maximum atomic E-state index is 13.3. The molecule has 2 N–H and O–H groups in total. The molecule has 0 unspecified atom stereocenters. The molecule has 200 valence electrons. The molecule has 2 aromatic carbocycles. The Morgan fingerprint density at radius 2 is 2.00 bits per heavy atom. The monoisotopic (exact) mass is 526 g/mol. The summed E-state index contributed by atoms with van der Waals surface area (Å²) in [6.07, 6.45) is 6.14. The quantitative estimate of drug-likeness (QED) is 0.339. The predicted molar refractivity (Wildman–Crippen MR) is 150 cm³/mol. The third-order valence-electron chi connectivity index (χ3n) is 7.51. The van der Waals surface area contributed by atoms with Crippen molar-refractivity contribution >= 4 is 28.3 Å². The number of hydrogen-bond acceptors (Lipinski definition) is 7. The van der Waals surface area contributed by atoms with E-state index in [2.05, 4.69) is 20.6 Å². The Morgan fingerprint density at radius 3 is 2.82 bits per heavy atom. The summed E-state index contributed by atoms with van der Waals surface area (Å²) in [5, 5.41) is 8.57. The first-order valence-corrected chi connectivity index (χ1v) is 13.5. The SMILES string of the molecule is Cc1ccc2c(N3CC[C@@H](CF)C3=O)cccc2c1Oc1ncccc1-c1ccnc(N[C@H]2CCCNC2)n1. The van der Waals surface area contributed by atoms with Gasteiger partial charge in [0.1, 0.15) is 12.4 Å². The van der Waals surface area contributed by atoms with Crippen molar-refractivity contribution in [3.05, 3.63) is 66.5 Å². The maximum absolute atomic E-state index is 13.3. The maximum Gasteiger partial charge on any atom is 0.232 e. The second kappa shape index (κ2) is 10.9. The molecule has 0 spiro atoms. The average Bonchev–Trinajstić information content (AvgIpc) is 3.35. The van der Waals surface area contributed by atoms with Gasteiger partial charge in [0.15, 0.2) is 0 Å². The number of aromatic nitrogens is 3. The van der Waals surface area contributed by atoms with Gasteiger partial charge >= 0.3 is 0 Å². The molecule has 6 rings (SSSR count). The van der Waals surface area contributed by atoms with Crippen molar-refractivity contribution in [1.82, 2.24) is 20.3 Å². The summed E-state index contributed by atoms with van der Waals surface area (Å²) < 4.78 is 19.9. The molecule has 0 radical (unpaired) electrons. The van der Waals surface area contributed by atoms with Crippen LogP contribution in [-0.4, -0.2) is 53.2 Å². The van der Waals surface area contributed by atoms with Crippen LogP contribution in [0.15, 0.2) is 60.9 Å². The van der Waals surface area contributed by atoms with Crippen LogP contribution in [-0.2, 0) is 4.79 Å². The molecule has 2 aliphatic heterocycles. The lowest BCUT2D eigenvalue weighted by Crippen LogP contribution is -2.38. The molecule has 0 bridgehead atoms. The number of nitrogens with zero attached hydrogens (tertiary/aromatic N) is 4. The van der Waals surface area contributed by atoms with Crippen LogP contribution in [0.2, 0.25) is 0 Å². The van der Waals surface area contributed by atoms with Gasteiger partial charge in [-0.2, -0.15) is 0 Å². The summed E-state index contributed by atoms with van der Waals surface area (Å²) in [5.41, 5.74) is 3.15. The Labute approximate surface area is 226 Å². The fourth-order valence-electron chi connectivity index (χ4n) is 5.41. The molecule has 2 atom stereocenters. The topological polar surface area (TPSA) is 92.3 Å². The van der Waals surface area contributed by atoms with Crippen molar-refractivity contribution in [1.29, 1.82) is 0 Å². The molecule has 4 aromatic rings. The highest BCUT2D eigenvalue weighted by atomic mass is 19.1. The molecule has 2 aromatic heterocycles. The largest absolute Gasteiger partial charge is 0.437 e. The summed E-state index contributed by atoms with van der Waals surface area (Å²) in [5.74, 6) is 0.918. The van der Waals surface area contributed by atoms with Crippen molar-refractivity contribution in [3.63, 3.8) is 0 Å². The van der Waals surface area contributed by atoms with Crippen molar-refractivity contribution in [3.8, 4) is 22.9 Å². The van der Waals surface area contributed by atoms with Gasteiger partial charge in [0, 0.05) is 42.3 Å². The molecule has 2 saturated heterocycles.